The van der Waals surface area contributed by atoms with Crippen molar-refractivity contribution in [3.63, 3.8) is 0 Å². The van der Waals surface area contributed by atoms with E-state index in [1.807, 2.05) is 24.3 Å². The van der Waals surface area contributed by atoms with Crippen LogP contribution in [0.3, 0.4) is 0 Å². The van der Waals surface area contributed by atoms with Gasteiger partial charge in [-0.1, -0.05) is 39.7 Å². The van der Waals surface area contributed by atoms with Crippen molar-refractivity contribution in [2.75, 3.05) is 5.43 Å². The van der Waals surface area contributed by atoms with E-state index < -0.39 is 0 Å². The van der Waals surface area contributed by atoms with Crippen LogP contribution in [0.25, 0.3) is 5.70 Å². The van der Waals surface area contributed by atoms with E-state index in [2.05, 4.69) is 51.1 Å². The van der Waals surface area contributed by atoms with Gasteiger partial charge in [0.05, 0.1) is 11.4 Å². The van der Waals surface area contributed by atoms with Crippen LogP contribution < -0.4 is 10.9 Å². The minimum atomic E-state index is 0.736. The van der Waals surface area contributed by atoms with Crippen LogP contribution in [-0.4, -0.2) is 0 Å². The number of nitrogens with one attached hydrogen (secondary N) is 2. The molecular formula is C15H12BrClN2. The van der Waals surface area contributed by atoms with Gasteiger partial charge < -0.3 is 10.9 Å². The molecule has 0 amide bonds. The lowest BCUT2D eigenvalue weighted by Gasteiger charge is -2.12. The van der Waals surface area contributed by atoms with Gasteiger partial charge in [0.25, 0.3) is 0 Å². The molecule has 0 unspecified atom stereocenters. The second-order valence-electron chi connectivity index (χ2n) is 4.38. The zero-order chi connectivity index (χ0) is 13.2. The number of hydrazine groups is 1. The van der Waals surface area contributed by atoms with Crippen molar-refractivity contribution in [1.82, 2.24) is 5.43 Å². The standard InChI is InChI=1S/C15H12BrClN2/c16-11-3-1-10-2-8-15(14(10)9-11)19-18-13-6-4-12(17)5-7-13/h1,3-9,18-19H,2H2. The Labute approximate surface area is 125 Å². The highest BCUT2D eigenvalue weighted by molar-refractivity contribution is 9.10. The minimum absolute atomic E-state index is 0.736. The monoisotopic (exact) mass is 334 g/mol. The summed E-state index contributed by atoms with van der Waals surface area (Å²) in [5.41, 5.74) is 11.1. The Bertz CT molecular complexity index is 635. The number of hydrogen-bond acceptors (Lipinski definition) is 2. The molecule has 2 N–H and O–H groups in total. The van der Waals surface area contributed by atoms with Gasteiger partial charge in [-0.2, -0.15) is 0 Å². The van der Waals surface area contributed by atoms with Crippen LogP contribution in [-0.2, 0) is 6.42 Å². The van der Waals surface area contributed by atoms with E-state index in [-0.39, 0.29) is 0 Å². The summed E-state index contributed by atoms with van der Waals surface area (Å²) in [5, 5.41) is 0.736. The third kappa shape index (κ3) is 2.77. The number of anilines is 1. The number of halogens is 2. The first-order chi connectivity index (χ1) is 9.22. The molecule has 0 bridgehead atoms. The fraction of sp³-hybridized carbons (Fsp3) is 0.0667. The molecule has 0 aromatic heterocycles. The smallest absolute Gasteiger partial charge is 0.0578 e. The Kier molecular flexibility index (Phi) is 3.49. The van der Waals surface area contributed by atoms with Gasteiger partial charge in [-0.05, 0) is 48.4 Å². The molecule has 0 spiro atoms. The van der Waals surface area contributed by atoms with Crippen LogP contribution in [0.1, 0.15) is 11.1 Å². The fourth-order valence-corrected chi connectivity index (χ4v) is 2.58. The Morgan fingerprint density at radius 2 is 1.79 bits per heavy atom. The highest BCUT2D eigenvalue weighted by atomic mass is 79.9. The molecule has 0 saturated carbocycles. The maximum atomic E-state index is 5.86. The molecule has 0 radical (unpaired) electrons. The molecule has 96 valence electrons. The summed E-state index contributed by atoms with van der Waals surface area (Å²) >= 11 is 9.36. The predicted octanol–water partition coefficient (Wildman–Crippen LogP) is 4.62. The van der Waals surface area contributed by atoms with E-state index >= 15 is 0 Å². The number of allylic oxidation sites excluding steroid dienone is 1. The highest BCUT2D eigenvalue weighted by Crippen LogP contribution is 2.28. The lowest BCUT2D eigenvalue weighted by atomic mass is 10.1. The number of hydrogen-bond donors (Lipinski definition) is 2. The first kappa shape index (κ1) is 12.6. The second-order valence-corrected chi connectivity index (χ2v) is 5.73. The van der Waals surface area contributed by atoms with Crippen LogP contribution in [0.5, 0.6) is 0 Å². The summed E-state index contributed by atoms with van der Waals surface area (Å²) in [6, 6.07) is 13.9. The summed E-state index contributed by atoms with van der Waals surface area (Å²) in [7, 11) is 0. The molecule has 0 fully saturated rings. The van der Waals surface area contributed by atoms with Gasteiger partial charge in [0.1, 0.15) is 0 Å². The molecule has 1 aliphatic carbocycles. The topological polar surface area (TPSA) is 24.1 Å². The van der Waals surface area contributed by atoms with Crippen LogP contribution in [0, 0.1) is 0 Å². The van der Waals surface area contributed by atoms with Crippen molar-refractivity contribution >= 4 is 38.9 Å². The number of rotatable bonds is 3. The zero-order valence-corrected chi connectivity index (χ0v) is 12.4. The molecule has 0 heterocycles. The van der Waals surface area contributed by atoms with Gasteiger partial charge in [0, 0.05) is 15.1 Å². The third-order valence-electron chi connectivity index (χ3n) is 3.07. The quantitative estimate of drug-likeness (QED) is 0.800. The average Bonchev–Trinajstić information content (AvgIpc) is 2.80. The summed E-state index contributed by atoms with van der Waals surface area (Å²) in [6.45, 7) is 0. The van der Waals surface area contributed by atoms with E-state index in [0.29, 0.717) is 0 Å². The largest absolute Gasteiger partial charge is 0.301 e. The highest BCUT2D eigenvalue weighted by Gasteiger charge is 2.13. The van der Waals surface area contributed by atoms with Crippen molar-refractivity contribution in [2.24, 2.45) is 0 Å². The normalized spacial score (nSPS) is 12.8. The molecule has 3 rings (SSSR count). The van der Waals surface area contributed by atoms with Crippen molar-refractivity contribution in [1.29, 1.82) is 0 Å². The lowest BCUT2D eigenvalue weighted by Crippen LogP contribution is -2.19. The molecule has 0 atom stereocenters. The SMILES string of the molecule is Clc1ccc(NNC2=CCc3ccc(Br)cc32)cc1. The van der Waals surface area contributed by atoms with Gasteiger partial charge in [-0.15, -0.1) is 0 Å². The van der Waals surface area contributed by atoms with E-state index in [1.165, 1.54) is 11.1 Å². The Morgan fingerprint density at radius 3 is 2.58 bits per heavy atom. The first-order valence-corrected chi connectivity index (χ1v) is 7.16. The van der Waals surface area contributed by atoms with E-state index in [4.69, 9.17) is 11.6 Å². The molecule has 4 heteroatoms. The Morgan fingerprint density at radius 1 is 1.00 bits per heavy atom. The van der Waals surface area contributed by atoms with Crippen LogP contribution in [0.4, 0.5) is 5.69 Å². The maximum Gasteiger partial charge on any atom is 0.0578 e. The molecule has 2 aromatic rings. The van der Waals surface area contributed by atoms with E-state index in [9.17, 15) is 0 Å². The zero-order valence-electron chi connectivity index (χ0n) is 10.1. The lowest BCUT2D eigenvalue weighted by molar-refractivity contribution is 1.08. The van der Waals surface area contributed by atoms with E-state index in [1.54, 1.807) is 0 Å². The number of benzene rings is 2. The van der Waals surface area contributed by atoms with Gasteiger partial charge >= 0.3 is 0 Å². The maximum absolute atomic E-state index is 5.86. The van der Waals surface area contributed by atoms with Crippen molar-refractivity contribution < 1.29 is 0 Å². The second kappa shape index (κ2) is 5.27. The van der Waals surface area contributed by atoms with Crippen LogP contribution in [0.2, 0.25) is 5.02 Å². The summed E-state index contributed by atoms with van der Waals surface area (Å²) in [6.07, 6.45) is 3.15. The summed E-state index contributed by atoms with van der Waals surface area (Å²) < 4.78 is 1.09. The molecule has 0 aliphatic heterocycles. The molecular weight excluding hydrogens is 324 g/mol. The van der Waals surface area contributed by atoms with Gasteiger partial charge in [-0.25, -0.2) is 0 Å². The first-order valence-electron chi connectivity index (χ1n) is 5.99. The Balaban J connectivity index is 1.73. The Hall–Kier alpha value is -1.45. The van der Waals surface area contributed by atoms with Gasteiger partial charge in [0.2, 0.25) is 0 Å². The van der Waals surface area contributed by atoms with Crippen LogP contribution >= 0.6 is 27.5 Å². The average molecular weight is 336 g/mol. The molecule has 0 saturated heterocycles. The predicted molar refractivity (Wildman–Crippen MR) is 84.0 cm³/mol. The van der Waals surface area contributed by atoms with Crippen molar-refractivity contribution in [3.8, 4) is 0 Å². The van der Waals surface area contributed by atoms with Crippen molar-refractivity contribution in [2.45, 2.75) is 6.42 Å². The van der Waals surface area contributed by atoms with Crippen LogP contribution in [0.15, 0.2) is 53.0 Å². The van der Waals surface area contributed by atoms with Crippen molar-refractivity contribution in [3.05, 3.63) is 69.2 Å². The van der Waals surface area contributed by atoms with E-state index in [0.717, 1.165) is 27.3 Å². The fourth-order valence-electron chi connectivity index (χ4n) is 2.09. The summed E-state index contributed by atoms with van der Waals surface area (Å²) in [4.78, 5) is 0. The molecule has 1 aliphatic rings. The molecule has 2 aromatic carbocycles. The minimum Gasteiger partial charge on any atom is -0.301 e. The summed E-state index contributed by atoms with van der Waals surface area (Å²) in [5.74, 6) is 0. The van der Waals surface area contributed by atoms with Gasteiger partial charge in [-0.3, -0.25) is 0 Å². The molecule has 2 nitrogen and oxygen atoms in total. The number of fused-ring (bicyclic) bond motifs is 1. The third-order valence-corrected chi connectivity index (χ3v) is 3.82. The van der Waals surface area contributed by atoms with Gasteiger partial charge in [0.15, 0.2) is 0 Å². The molecule has 19 heavy (non-hydrogen) atoms.